The Hall–Kier alpha value is -5.07. The fraction of sp³-hybridized carbons (Fsp3) is 0.485. The first-order valence-corrected chi connectivity index (χ1v) is 16.0. The molecule has 0 radical (unpaired) electrons. The Kier molecular flexibility index (Phi) is 13.5. The smallest absolute Gasteiger partial charge is 0.382 e. The minimum atomic E-state index is -5.15. The van der Waals surface area contributed by atoms with Crippen molar-refractivity contribution in [1.29, 1.82) is 0 Å². The predicted octanol–water partition coefficient (Wildman–Crippen LogP) is 2.46. The van der Waals surface area contributed by atoms with Crippen LogP contribution in [0.15, 0.2) is 64.8 Å². The van der Waals surface area contributed by atoms with Crippen LogP contribution in [0.3, 0.4) is 0 Å². The van der Waals surface area contributed by atoms with Crippen LogP contribution in [0.25, 0.3) is 0 Å². The van der Waals surface area contributed by atoms with Gasteiger partial charge in [0.05, 0.1) is 12.5 Å². The Morgan fingerprint density at radius 1 is 0.808 bits per heavy atom. The predicted molar refractivity (Wildman–Crippen MR) is 172 cm³/mol. The minimum absolute atomic E-state index is 0.122. The molecule has 0 aliphatic carbocycles. The SMILES string of the molecule is CC(NC(=O)C(Cc1ccccc1)NC(=O)C(NC(=O)Cc1cccc(C2(C(F)(F)F)N=N2)c1)C(C)C)C(=O)NC(CCC(N)=O)C(O)C(F)(F)F. The summed E-state index contributed by atoms with van der Waals surface area (Å²) in [5, 5.41) is 25.4. The maximum absolute atomic E-state index is 13.5. The lowest BCUT2D eigenvalue weighted by Crippen LogP contribution is -2.59. The number of carbonyl (C=O) groups excluding carboxylic acids is 5. The number of primary amides is 1. The van der Waals surface area contributed by atoms with E-state index in [2.05, 4.69) is 26.2 Å². The highest BCUT2D eigenvalue weighted by molar-refractivity contribution is 5.94. The van der Waals surface area contributed by atoms with Crippen LogP contribution < -0.4 is 27.0 Å². The van der Waals surface area contributed by atoms with Crippen molar-refractivity contribution < 1.29 is 55.4 Å². The van der Waals surface area contributed by atoms with E-state index in [9.17, 15) is 55.4 Å². The van der Waals surface area contributed by atoms with Crippen LogP contribution >= 0.6 is 0 Å². The lowest BCUT2D eigenvalue weighted by Gasteiger charge is -2.28. The number of halogens is 6. The summed E-state index contributed by atoms with van der Waals surface area (Å²) in [6.45, 7) is 4.34. The number of carbonyl (C=O) groups is 5. The van der Waals surface area contributed by atoms with Gasteiger partial charge in [0.1, 0.15) is 18.1 Å². The molecule has 0 saturated heterocycles. The molecule has 52 heavy (non-hydrogen) atoms. The van der Waals surface area contributed by atoms with Crippen molar-refractivity contribution in [2.24, 2.45) is 21.9 Å². The second-order valence-corrected chi connectivity index (χ2v) is 12.6. The average Bonchev–Trinajstić information content (AvgIpc) is 3.87. The first kappa shape index (κ1) is 41.4. The maximum atomic E-state index is 13.5. The summed E-state index contributed by atoms with van der Waals surface area (Å²) in [4.78, 5) is 64.0. The summed E-state index contributed by atoms with van der Waals surface area (Å²) in [7, 11) is 0. The molecule has 1 aliphatic heterocycles. The summed E-state index contributed by atoms with van der Waals surface area (Å²) in [6, 6.07) is 7.27. The van der Waals surface area contributed by atoms with Crippen LogP contribution in [-0.4, -0.2) is 77.3 Å². The summed E-state index contributed by atoms with van der Waals surface area (Å²) in [5.41, 5.74) is 2.79. The van der Waals surface area contributed by atoms with E-state index >= 15 is 0 Å². The van der Waals surface area contributed by atoms with Crippen molar-refractivity contribution in [3.63, 3.8) is 0 Å². The first-order chi connectivity index (χ1) is 24.1. The van der Waals surface area contributed by atoms with Crippen molar-refractivity contribution in [3.05, 3.63) is 71.3 Å². The highest BCUT2D eigenvalue weighted by Crippen LogP contribution is 2.52. The van der Waals surface area contributed by atoms with Crippen LogP contribution in [0.1, 0.15) is 50.3 Å². The van der Waals surface area contributed by atoms with Crippen molar-refractivity contribution in [2.75, 3.05) is 0 Å². The molecule has 0 bridgehead atoms. The van der Waals surface area contributed by atoms with Gasteiger partial charge < -0.3 is 32.1 Å². The molecule has 5 unspecified atom stereocenters. The molecule has 2 aromatic carbocycles. The highest BCUT2D eigenvalue weighted by Gasteiger charge is 2.65. The lowest BCUT2D eigenvalue weighted by atomic mass is 9.98. The number of alkyl halides is 6. The second-order valence-electron chi connectivity index (χ2n) is 12.6. The quantitative estimate of drug-likeness (QED) is 0.134. The molecule has 0 saturated carbocycles. The number of nitrogens with one attached hydrogen (secondary N) is 4. The molecule has 0 aromatic heterocycles. The summed E-state index contributed by atoms with van der Waals surface area (Å²) in [5.74, 6) is -5.15. The Morgan fingerprint density at radius 2 is 1.42 bits per heavy atom. The van der Waals surface area contributed by atoms with E-state index in [1.807, 2.05) is 5.32 Å². The van der Waals surface area contributed by atoms with Gasteiger partial charge in [-0.2, -0.15) is 26.3 Å². The normalized spacial score (nSPS) is 16.5. The van der Waals surface area contributed by atoms with Crippen molar-refractivity contribution in [1.82, 2.24) is 21.3 Å². The lowest BCUT2D eigenvalue weighted by molar-refractivity contribution is -0.212. The molecular formula is C33H39F6N7O6. The van der Waals surface area contributed by atoms with Crippen LogP contribution in [0, 0.1) is 5.92 Å². The number of hydrogen-bond donors (Lipinski definition) is 6. The summed E-state index contributed by atoms with van der Waals surface area (Å²) in [6.07, 6.45) is -14.7. The minimum Gasteiger partial charge on any atom is -0.382 e. The van der Waals surface area contributed by atoms with Crippen LogP contribution in [0.5, 0.6) is 0 Å². The van der Waals surface area contributed by atoms with Gasteiger partial charge in [-0.15, -0.1) is 10.2 Å². The van der Waals surface area contributed by atoms with Crippen LogP contribution in [0.4, 0.5) is 26.3 Å². The number of nitrogens with two attached hydrogens (primary N) is 1. The monoisotopic (exact) mass is 743 g/mol. The van der Waals surface area contributed by atoms with E-state index in [-0.39, 0.29) is 17.5 Å². The number of nitrogens with zero attached hydrogens (tertiary/aromatic N) is 2. The number of hydrogen-bond acceptors (Lipinski definition) is 8. The van der Waals surface area contributed by atoms with Gasteiger partial charge >= 0.3 is 18.0 Å². The van der Waals surface area contributed by atoms with Crippen molar-refractivity contribution >= 4 is 29.5 Å². The molecule has 5 amide bonds. The van der Waals surface area contributed by atoms with E-state index in [0.717, 1.165) is 13.0 Å². The largest absolute Gasteiger partial charge is 0.442 e. The zero-order chi connectivity index (χ0) is 39.0. The molecule has 1 aliphatic rings. The van der Waals surface area contributed by atoms with Gasteiger partial charge in [-0.25, -0.2) is 0 Å². The second kappa shape index (κ2) is 17.0. The number of benzene rings is 2. The number of amides is 5. The number of aliphatic hydroxyl groups is 1. The average molecular weight is 744 g/mol. The zero-order valence-electron chi connectivity index (χ0n) is 28.2. The molecule has 2 aromatic rings. The molecular weight excluding hydrogens is 704 g/mol. The van der Waals surface area contributed by atoms with Gasteiger partial charge in [0.15, 0.2) is 6.10 Å². The Balaban J connectivity index is 1.73. The van der Waals surface area contributed by atoms with E-state index < -0.39 is 103 Å². The highest BCUT2D eigenvalue weighted by atomic mass is 19.4. The van der Waals surface area contributed by atoms with Gasteiger partial charge in [-0.1, -0.05) is 68.4 Å². The van der Waals surface area contributed by atoms with E-state index in [1.165, 1.54) is 18.2 Å². The molecule has 13 nitrogen and oxygen atoms in total. The third kappa shape index (κ3) is 11.2. The van der Waals surface area contributed by atoms with Crippen molar-refractivity contribution in [2.45, 2.75) is 94.7 Å². The third-order valence-electron chi connectivity index (χ3n) is 8.07. The molecule has 0 fully saturated rings. The first-order valence-electron chi connectivity index (χ1n) is 16.0. The Bertz CT molecular complexity index is 1630. The summed E-state index contributed by atoms with van der Waals surface area (Å²) >= 11 is 0. The topological polar surface area (TPSA) is 204 Å². The molecule has 0 spiro atoms. The van der Waals surface area contributed by atoms with Gasteiger partial charge in [-0.3, -0.25) is 24.0 Å². The van der Waals surface area contributed by atoms with E-state index in [4.69, 9.17) is 5.73 Å². The van der Waals surface area contributed by atoms with E-state index in [0.29, 0.717) is 5.56 Å². The maximum Gasteiger partial charge on any atom is 0.442 e. The molecule has 3 rings (SSSR count). The van der Waals surface area contributed by atoms with Crippen molar-refractivity contribution in [3.8, 4) is 0 Å². The zero-order valence-corrected chi connectivity index (χ0v) is 28.2. The molecule has 284 valence electrons. The fourth-order valence-electron chi connectivity index (χ4n) is 5.13. The molecule has 7 N–H and O–H groups in total. The van der Waals surface area contributed by atoms with Crippen LogP contribution in [0.2, 0.25) is 0 Å². The third-order valence-corrected chi connectivity index (χ3v) is 8.07. The number of rotatable bonds is 17. The molecule has 5 atom stereocenters. The standard InChI is InChI=1S/C33H39F6N7O6/c1-17(2)26(44-25(48)16-20-10-7-11-21(14-20)31(45-46-31)33(37,38)39)30(52)43-23(15-19-8-5-4-6-9-19)29(51)41-18(3)28(50)42-22(12-13-24(40)47)27(49)32(34,35)36/h4-11,14,17-18,22-23,26-27,49H,12-13,15-16H2,1-3H3,(H2,40,47)(H,41,51)(H,42,50)(H,43,52)(H,44,48). The van der Waals surface area contributed by atoms with Gasteiger partial charge in [-0.05, 0) is 30.4 Å². The van der Waals surface area contributed by atoms with Gasteiger partial charge in [0.2, 0.25) is 29.5 Å². The van der Waals surface area contributed by atoms with Crippen LogP contribution in [-0.2, 0) is 42.5 Å². The Labute approximate surface area is 294 Å². The molecule has 1 heterocycles. The number of aliphatic hydroxyl groups excluding tert-OH is 1. The molecule has 19 heteroatoms. The van der Waals surface area contributed by atoms with E-state index in [1.54, 1.807) is 44.2 Å². The Morgan fingerprint density at radius 3 is 1.96 bits per heavy atom. The summed E-state index contributed by atoms with van der Waals surface area (Å²) < 4.78 is 80.1. The fourth-order valence-corrected chi connectivity index (χ4v) is 5.13. The van der Waals surface area contributed by atoms with Gasteiger partial charge in [0, 0.05) is 18.4 Å². The van der Waals surface area contributed by atoms with Gasteiger partial charge in [0.25, 0.3) is 0 Å².